The number of nitrogens with one attached hydrogen (secondary N) is 2. The van der Waals surface area contributed by atoms with Crippen molar-refractivity contribution in [2.75, 3.05) is 13.7 Å². The Kier molecular flexibility index (Phi) is 6.49. The number of benzene rings is 2. The van der Waals surface area contributed by atoms with Gasteiger partial charge in [-0.3, -0.25) is 4.79 Å². The van der Waals surface area contributed by atoms with Crippen LogP contribution in [0.15, 0.2) is 48.7 Å². The number of methoxy groups -OCH3 is 1. The van der Waals surface area contributed by atoms with Crippen LogP contribution in [0, 0.1) is 6.92 Å². The molecule has 7 heteroatoms. The molecule has 1 atom stereocenters. The smallest absolute Gasteiger partial charge is 0.253 e. The zero-order chi connectivity index (χ0) is 25.4. The second-order valence-electron chi connectivity index (χ2n) is 9.67. The highest BCUT2D eigenvalue weighted by Gasteiger charge is 2.26. The van der Waals surface area contributed by atoms with Crippen LogP contribution in [0.2, 0.25) is 0 Å². The molecule has 36 heavy (non-hydrogen) atoms. The molecule has 0 radical (unpaired) electrons. The predicted molar refractivity (Wildman–Crippen MR) is 141 cm³/mol. The SMILES string of the molecule is COc1cc2c(cc1OC(C)C)-c1cc(C(=O)N[C@@H](CO)Cc3c[nH]c4ccccc34)c(C)n1CC2. The summed E-state index contributed by atoms with van der Waals surface area (Å²) in [5, 5.41) is 14.2. The molecule has 0 bridgehead atoms. The minimum absolute atomic E-state index is 0.0166. The number of aliphatic hydroxyl groups is 1. The van der Waals surface area contributed by atoms with E-state index in [1.807, 2.05) is 69.4 Å². The monoisotopic (exact) mass is 487 g/mol. The summed E-state index contributed by atoms with van der Waals surface area (Å²) in [5.41, 5.74) is 6.87. The van der Waals surface area contributed by atoms with Crippen LogP contribution in [-0.4, -0.2) is 46.4 Å². The molecule has 1 aliphatic heterocycles. The van der Waals surface area contributed by atoms with Crippen LogP contribution in [0.25, 0.3) is 22.2 Å². The topological polar surface area (TPSA) is 88.5 Å². The zero-order valence-corrected chi connectivity index (χ0v) is 21.2. The molecule has 3 heterocycles. The molecular formula is C29H33N3O4. The lowest BCUT2D eigenvalue weighted by Crippen LogP contribution is -2.39. The first kappa shape index (κ1) is 24.0. The number of carbonyl (C=O) groups is 1. The van der Waals surface area contributed by atoms with Gasteiger partial charge in [-0.2, -0.15) is 0 Å². The number of rotatable bonds is 8. The predicted octanol–water partition coefficient (Wildman–Crippen LogP) is 4.63. The summed E-state index contributed by atoms with van der Waals surface area (Å²) in [6.07, 6.45) is 3.35. The number of aromatic amines is 1. The maximum Gasteiger partial charge on any atom is 0.253 e. The number of ether oxygens (including phenoxy) is 2. The van der Waals surface area contributed by atoms with Crippen LogP contribution >= 0.6 is 0 Å². The number of amides is 1. The third-order valence-corrected chi connectivity index (χ3v) is 6.94. The van der Waals surface area contributed by atoms with Gasteiger partial charge in [0.15, 0.2) is 11.5 Å². The van der Waals surface area contributed by atoms with Gasteiger partial charge in [-0.25, -0.2) is 0 Å². The minimum Gasteiger partial charge on any atom is -0.493 e. The Bertz CT molecular complexity index is 1420. The lowest BCUT2D eigenvalue weighted by atomic mass is 9.97. The molecular weight excluding hydrogens is 454 g/mol. The number of fused-ring (bicyclic) bond motifs is 4. The highest BCUT2D eigenvalue weighted by Crippen LogP contribution is 2.40. The fraction of sp³-hybridized carbons (Fsp3) is 0.345. The number of aliphatic hydroxyl groups excluding tert-OH is 1. The molecule has 0 saturated heterocycles. The van der Waals surface area contributed by atoms with E-state index in [1.165, 1.54) is 5.56 Å². The van der Waals surface area contributed by atoms with Crippen molar-refractivity contribution in [3.05, 3.63) is 71.0 Å². The molecule has 2 aromatic carbocycles. The largest absolute Gasteiger partial charge is 0.493 e. The summed E-state index contributed by atoms with van der Waals surface area (Å²) in [5.74, 6) is 1.24. The fourth-order valence-electron chi connectivity index (χ4n) is 5.16. The number of hydrogen-bond donors (Lipinski definition) is 3. The van der Waals surface area contributed by atoms with Crippen LogP contribution in [0.1, 0.15) is 41.0 Å². The first-order chi connectivity index (χ1) is 17.4. The van der Waals surface area contributed by atoms with Crippen LogP contribution in [0.4, 0.5) is 0 Å². The van der Waals surface area contributed by atoms with Crippen LogP contribution < -0.4 is 14.8 Å². The van der Waals surface area contributed by atoms with E-state index >= 15 is 0 Å². The number of aromatic nitrogens is 2. The fourth-order valence-corrected chi connectivity index (χ4v) is 5.16. The average Bonchev–Trinajstić information content (AvgIpc) is 3.44. The molecule has 5 rings (SSSR count). The van der Waals surface area contributed by atoms with Crippen LogP contribution in [-0.2, 0) is 19.4 Å². The summed E-state index contributed by atoms with van der Waals surface area (Å²) in [6.45, 7) is 6.60. The van der Waals surface area contributed by atoms with Crippen molar-refractivity contribution >= 4 is 16.8 Å². The van der Waals surface area contributed by atoms with E-state index < -0.39 is 6.04 Å². The normalized spacial score (nSPS) is 13.4. The first-order valence-corrected chi connectivity index (χ1v) is 12.4. The Labute approximate surface area is 211 Å². The molecule has 4 aromatic rings. The zero-order valence-electron chi connectivity index (χ0n) is 21.2. The number of aryl methyl sites for hydroxylation is 1. The van der Waals surface area contributed by atoms with E-state index in [9.17, 15) is 9.90 Å². The summed E-state index contributed by atoms with van der Waals surface area (Å²) in [4.78, 5) is 16.6. The highest BCUT2D eigenvalue weighted by atomic mass is 16.5. The summed E-state index contributed by atoms with van der Waals surface area (Å²) in [7, 11) is 1.65. The van der Waals surface area contributed by atoms with Gasteiger partial charge in [-0.1, -0.05) is 18.2 Å². The Hall–Kier alpha value is -3.71. The quantitative estimate of drug-likeness (QED) is 0.338. The third-order valence-electron chi connectivity index (χ3n) is 6.94. The van der Waals surface area contributed by atoms with Crippen molar-refractivity contribution in [3.63, 3.8) is 0 Å². The Balaban J connectivity index is 1.42. The molecule has 3 N–H and O–H groups in total. The number of nitrogens with zero attached hydrogens (tertiary/aromatic N) is 1. The first-order valence-electron chi connectivity index (χ1n) is 12.4. The van der Waals surface area contributed by atoms with Crippen LogP contribution in [0.5, 0.6) is 11.5 Å². The van der Waals surface area contributed by atoms with Gasteiger partial charge in [0.05, 0.1) is 31.4 Å². The summed E-state index contributed by atoms with van der Waals surface area (Å²) >= 11 is 0. The Morgan fingerprint density at radius 3 is 2.75 bits per heavy atom. The number of carbonyl (C=O) groups excluding carboxylic acids is 1. The molecule has 7 nitrogen and oxygen atoms in total. The maximum atomic E-state index is 13.4. The number of hydrogen-bond acceptors (Lipinski definition) is 4. The van der Waals surface area contributed by atoms with Crippen molar-refractivity contribution in [1.82, 2.24) is 14.9 Å². The lowest BCUT2D eigenvalue weighted by Gasteiger charge is -2.23. The van der Waals surface area contributed by atoms with Crippen molar-refractivity contribution < 1.29 is 19.4 Å². The van der Waals surface area contributed by atoms with Gasteiger partial charge in [0.2, 0.25) is 0 Å². The van der Waals surface area contributed by atoms with Crippen LogP contribution in [0.3, 0.4) is 0 Å². The third kappa shape index (κ3) is 4.35. The number of H-pyrrole nitrogens is 1. The second-order valence-corrected chi connectivity index (χ2v) is 9.67. The van der Waals surface area contributed by atoms with Gasteiger partial charge < -0.3 is 29.4 Å². The molecule has 188 valence electrons. The van der Waals surface area contributed by atoms with E-state index in [-0.39, 0.29) is 18.6 Å². The number of para-hydroxylation sites is 1. The summed E-state index contributed by atoms with van der Waals surface area (Å²) in [6, 6.07) is 13.7. The van der Waals surface area contributed by atoms with E-state index in [0.717, 1.165) is 52.1 Å². The van der Waals surface area contributed by atoms with Gasteiger partial charge >= 0.3 is 0 Å². The second kappa shape index (κ2) is 9.74. The average molecular weight is 488 g/mol. The van der Waals surface area contributed by atoms with Crippen molar-refractivity contribution in [3.8, 4) is 22.8 Å². The Morgan fingerprint density at radius 1 is 1.19 bits per heavy atom. The lowest BCUT2D eigenvalue weighted by molar-refractivity contribution is 0.0916. The molecule has 0 aliphatic carbocycles. The Morgan fingerprint density at radius 2 is 2.00 bits per heavy atom. The molecule has 1 aliphatic rings. The molecule has 0 spiro atoms. The van der Waals surface area contributed by atoms with Gasteiger partial charge in [0.1, 0.15) is 0 Å². The molecule has 2 aromatic heterocycles. The van der Waals surface area contributed by atoms with E-state index in [1.54, 1.807) is 7.11 Å². The molecule has 0 unspecified atom stereocenters. The van der Waals surface area contributed by atoms with Crippen molar-refractivity contribution in [2.24, 2.45) is 0 Å². The van der Waals surface area contributed by atoms with Crippen molar-refractivity contribution in [2.45, 2.75) is 52.3 Å². The summed E-state index contributed by atoms with van der Waals surface area (Å²) < 4.78 is 13.8. The van der Waals surface area contributed by atoms with Crippen molar-refractivity contribution in [1.29, 1.82) is 0 Å². The van der Waals surface area contributed by atoms with E-state index in [2.05, 4.69) is 14.9 Å². The van der Waals surface area contributed by atoms with E-state index in [0.29, 0.717) is 17.7 Å². The molecule has 0 saturated carbocycles. The standard InChI is InChI=1S/C29H33N3O4/c1-17(2)36-28-14-24-19(12-27(28)35-4)9-10-32-18(3)23(13-26(24)32)29(34)31-21(16-33)11-20-15-30-25-8-6-5-7-22(20)25/h5-8,12-15,17,21,30,33H,9-11,16H2,1-4H3,(H,31,34)/t21-/m1/s1. The van der Waals surface area contributed by atoms with Gasteiger partial charge in [-0.15, -0.1) is 0 Å². The maximum absolute atomic E-state index is 13.4. The molecule has 0 fully saturated rings. The van der Waals surface area contributed by atoms with Gasteiger partial charge in [0.25, 0.3) is 5.91 Å². The highest BCUT2D eigenvalue weighted by molar-refractivity contribution is 5.97. The molecule has 1 amide bonds. The van der Waals surface area contributed by atoms with E-state index in [4.69, 9.17) is 9.47 Å². The van der Waals surface area contributed by atoms with Gasteiger partial charge in [-0.05, 0) is 69.0 Å². The minimum atomic E-state index is -0.393. The van der Waals surface area contributed by atoms with Gasteiger partial charge in [0, 0.05) is 40.6 Å².